The quantitative estimate of drug-likeness (QED) is 0.807. The molecule has 1 aliphatic rings. The highest BCUT2D eigenvalue weighted by atomic mass is 35.5. The molecule has 2 rings (SSSR count). The number of benzene rings is 1. The molecule has 2 nitrogen and oxygen atoms in total. The maximum Gasteiger partial charge on any atom is 0.0412 e. The number of halogens is 1. The summed E-state index contributed by atoms with van der Waals surface area (Å²) in [4.78, 5) is 2.54. The van der Waals surface area contributed by atoms with Crippen LogP contribution in [0.1, 0.15) is 52.0 Å². The molecule has 1 aliphatic heterocycles. The number of hydrogen-bond acceptors (Lipinski definition) is 2. The normalized spacial score (nSPS) is 16.7. The van der Waals surface area contributed by atoms with E-state index in [0.29, 0.717) is 6.04 Å². The molecule has 0 spiro atoms. The van der Waals surface area contributed by atoms with E-state index in [1.54, 1.807) is 0 Å². The molecule has 118 valence electrons. The first-order valence-corrected chi connectivity index (χ1v) is 8.74. The lowest BCUT2D eigenvalue weighted by atomic mass is 9.92. The second-order valence-electron chi connectivity index (χ2n) is 6.53. The van der Waals surface area contributed by atoms with Gasteiger partial charge in [0, 0.05) is 36.4 Å². The Labute approximate surface area is 134 Å². The summed E-state index contributed by atoms with van der Waals surface area (Å²) in [6, 6.07) is 6.82. The molecular formula is C18H29ClN2. The summed E-state index contributed by atoms with van der Waals surface area (Å²) in [5, 5.41) is 4.35. The minimum atomic E-state index is 0.493. The summed E-state index contributed by atoms with van der Waals surface area (Å²) in [5.41, 5.74) is 2.69. The molecule has 1 N–H and O–H groups in total. The van der Waals surface area contributed by atoms with Gasteiger partial charge in [-0.1, -0.05) is 45.2 Å². The molecule has 0 atom stereocenters. The van der Waals surface area contributed by atoms with Crippen molar-refractivity contribution >= 4 is 17.3 Å². The van der Waals surface area contributed by atoms with E-state index in [2.05, 4.69) is 43.1 Å². The monoisotopic (exact) mass is 308 g/mol. The lowest BCUT2D eigenvalue weighted by molar-refractivity contribution is 0.378. The topological polar surface area (TPSA) is 15.3 Å². The molecule has 1 saturated heterocycles. The fourth-order valence-electron chi connectivity index (χ4n) is 3.19. The summed E-state index contributed by atoms with van der Waals surface area (Å²) in [5.74, 6) is 0.927. The van der Waals surface area contributed by atoms with E-state index in [1.807, 2.05) is 6.07 Å². The second kappa shape index (κ2) is 8.05. The van der Waals surface area contributed by atoms with E-state index in [-0.39, 0.29) is 0 Å². The van der Waals surface area contributed by atoms with Crippen LogP contribution in [0, 0.1) is 5.92 Å². The fourth-order valence-corrected chi connectivity index (χ4v) is 3.38. The highest BCUT2D eigenvalue weighted by Gasteiger charge is 2.20. The van der Waals surface area contributed by atoms with Crippen LogP contribution in [0.2, 0.25) is 5.02 Å². The van der Waals surface area contributed by atoms with Crippen molar-refractivity contribution in [1.29, 1.82) is 0 Å². The summed E-state index contributed by atoms with van der Waals surface area (Å²) < 4.78 is 0. The van der Waals surface area contributed by atoms with Gasteiger partial charge in [-0.05, 0) is 42.5 Å². The lowest BCUT2D eigenvalue weighted by Crippen LogP contribution is -2.35. The Morgan fingerprint density at radius 1 is 1.29 bits per heavy atom. The first kappa shape index (κ1) is 16.6. The van der Waals surface area contributed by atoms with Gasteiger partial charge in [-0.25, -0.2) is 0 Å². The predicted octanol–water partition coefficient (Wildman–Crippen LogP) is 4.85. The van der Waals surface area contributed by atoms with Crippen LogP contribution in [0.3, 0.4) is 0 Å². The largest absolute Gasteiger partial charge is 0.371 e. The van der Waals surface area contributed by atoms with Gasteiger partial charge >= 0.3 is 0 Å². The molecule has 1 heterocycles. The van der Waals surface area contributed by atoms with E-state index in [4.69, 9.17) is 11.6 Å². The summed E-state index contributed by atoms with van der Waals surface area (Å²) in [7, 11) is 0. The van der Waals surface area contributed by atoms with Gasteiger partial charge in [-0.3, -0.25) is 0 Å². The van der Waals surface area contributed by atoms with Gasteiger partial charge in [0.1, 0.15) is 0 Å². The second-order valence-corrected chi connectivity index (χ2v) is 6.96. The molecule has 0 aromatic heterocycles. The Balaban J connectivity index is 2.05. The Morgan fingerprint density at radius 3 is 2.62 bits per heavy atom. The molecule has 3 heteroatoms. The van der Waals surface area contributed by atoms with Crippen molar-refractivity contribution in [3.8, 4) is 0 Å². The van der Waals surface area contributed by atoms with Gasteiger partial charge in [0.25, 0.3) is 0 Å². The summed E-state index contributed by atoms with van der Waals surface area (Å²) in [6.45, 7) is 9.91. The summed E-state index contributed by atoms with van der Waals surface area (Å²) >= 11 is 6.19. The van der Waals surface area contributed by atoms with E-state index < -0.39 is 0 Å². The van der Waals surface area contributed by atoms with Crippen LogP contribution in [-0.4, -0.2) is 19.1 Å². The average Bonchev–Trinajstić information content (AvgIpc) is 2.46. The molecule has 0 radical (unpaired) electrons. The smallest absolute Gasteiger partial charge is 0.0412 e. The zero-order chi connectivity index (χ0) is 15.2. The molecule has 0 amide bonds. The first-order valence-electron chi connectivity index (χ1n) is 8.37. The molecule has 0 unspecified atom stereocenters. The summed E-state index contributed by atoms with van der Waals surface area (Å²) in [6.07, 6.45) is 5.35. The third-order valence-corrected chi connectivity index (χ3v) is 4.63. The maximum atomic E-state index is 6.19. The zero-order valence-electron chi connectivity index (χ0n) is 13.7. The number of hydrogen-bond donors (Lipinski definition) is 1. The number of piperidine rings is 1. The molecule has 1 aromatic carbocycles. The third kappa shape index (κ3) is 4.89. The van der Waals surface area contributed by atoms with Crippen LogP contribution in [0.15, 0.2) is 18.2 Å². The lowest BCUT2D eigenvalue weighted by Gasteiger charge is -2.35. The van der Waals surface area contributed by atoms with Crippen LogP contribution in [0.4, 0.5) is 5.69 Å². The number of anilines is 1. The van der Waals surface area contributed by atoms with Crippen molar-refractivity contribution in [3.05, 3.63) is 28.8 Å². The van der Waals surface area contributed by atoms with Crippen LogP contribution in [-0.2, 0) is 6.54 Å². The predicted molar refractivity (Wildman–Crippen MR) is 93.3 cm³/mol. The van der Waals surface area contributed by atoms with Crippen LogP contribution < -0.4 is 10.2 Å². The van der Waals surface area contributed by atoms with Crippen LogP contribution >= 0.6 is 11.6 Å². The number of nitrogens with zero attached hydrogens (tertiary/aromatic N) is 1. The Bertz CT molecular complexity index is 437. The molecule has 0 bridgehead atoms. The van der Waals surface area contributed by atoms with Gasteiger partial charge < -0.3 is 10.2 Å². The molecule has 0 aliphatic carbocycles. The minimum Gasteiger partial charge on any atom is -0.371 e. The molecule has 21 heavy (non-hydrogen) atoms. The van der Waals surface area contributed by atoms with E-state index in [9.17, 15) is 0 Å². The third-order valence-electron chi connectivity index (χ3n) is 4.39. The highest BCUT2D eigenvalue weighted by Crippen LogP contribution is 2.30. The Morgan fingerprint density at radius 2 is 2.00 bits per heavy atom. The van der Waals surface area contributed by atoms with Crippen molar-refractivity contribution < 1.29 is 0 Å². The zero-order valence-corrected chi connectivity index (χ0v) is 14.4. The SMILES string of the molecule is CCCC1CCN(c2ccc(Cl)cc2CNC(C)C)CC1. The molecular weight excluding hydrogens is 280 g/mol. The van der Waals surface area contributed by atoms with Crippen molar-refractivity contribution in [2.45, 2.75) is 59.0 Å². The number of rotatable bonds is 6. The van der Waals surface area contributed by atoms with E-state index in [0.717, 1.165) is 17.5 Å². The standard InChI is InChI=1S/C18H29ClN2/c1-4-5-15-8-10-21(11-9-15)18-7-6-17(19)12-16(18)13-20-14(2)3/h6-7,12,14-15,20H,4-5,8-11,13H2,1-3H3. The molecule has 1 aromatic rings. The van der Waals surface area contributed by atoms with E-state index in [1.165, 1.54) is 50.0 Å². The van der Waals surface area contributed by atoms with Crippen molar-refractivity contribution in [2.24, 2.45) is 5.92 Å². The molecule has 1 fully saturated rings. The van der Waals surface area contributed by atoms with Gasteiger partial charge in [0.05, 0.1) is 0 Å². The first-order chi connectivity index (χ1) is 10.1. The van der Waals surface area contributed by atoms with Crippen molar-refractivity contribution in [3.63, 3.8) is 0 Å². The van der Waals surface area contributed by atoms with Gasteiger partial charge in [0.2, 0.25) is 0 Å². The molecule has 0 saturated carbocycles. The van der Waals surface area contributed by atoms with Gasteiger partial charge in [0.15, 0.2) is 0 Å². The van der Waals surface area contributed by atoms with Crippen molar-refractivity contribution in [2.75, 3.05) is 18.0 Å². The Hall–Kier alpha value is -0.730. The minimum absolute atomic E-state index is 0.493. The Kier molecular flexibility index (Phi) is 6.38. The number of nitrogens with one attached hydrogen (secondary N) is 1. The highest BCUT2D eigenvalue weighted by molar-refractivity contribution is 6.30. The average molecular weight is 309 g/mol. The van der Waals surface area contributed by atoms with Gasteiger partial charge in [-0.15, -0.1) is 0 Å². The van der Waals surface area contributed by atoms with Crippen molar-refractivity contribution in [1.82, 2.24) is 5.32 Å². The fraction of sp³-hybridized carbons (Fsp3) is 0.667. The van der Waals surface area contributed by atoms with Gasteiger partial charge in [-0.2, -0.15) is 0 Å². The van der Waals surface area contributed by atoms with Crippen LogP contribution in [0.25, 0.3) is 0 Å². The van der Waals surface area contributed by atoms with E-state index >= 15 is 0 Å². The maximum absolute atomic E-state index is 6.19. The van der Waals surface area contributed by atoms with Crippen LogP contribution in [0.5, 0.6) is 0 Å².